The molecule has 1 aromatic rings. The number of phenolic OH excluding ortho intramolecular Hbond substituents is 1. The zero-order valence-corrected chi connectivity index (χ0v) is 8.08. The van der Waals surface area contributed by atoms with Crippen molar-refractivity contribution in [1.82, 2.24) is 0 Å². The van der Waals surface area contributed by atoms with Gasteiger partial charge in [-0.1, -0.05) is 0 Å². The Bertz CT molecular complexity index is 460. The summed E-state index contributed by atoms with van der Waals surface area (Å²) in [7, 11) is 0. The first kappa shape index (κ1) is 9.53. The largest absolute Gasteiger partial charge is 0.506 e. The van der Waals surface area contributed by atoms with Crippen LogP contribution in [0.2, 0.25) is 0 Å². The summed E-state index contributed by atoms with van der Waals surface area (Å²) >= 11 is 0. The zero-order valence-electron chi connectivity index (χ0n) is 8.08. The summed E-state index contributed by atoms with van der Waals surface area (Å²) in [6.07, 6.45) is 2.01. The second kappa shape index (κ2) is 3.62. The van der Waals surface area contributed by atoms with Crippen LogP contribution in [0.1, 0.15) is 24.0 Å². The molecule has 4 nitrogen and oxygen atoms in total. The summed E-state index contributed by atoms with van der Waals surface area (Å²) in [6, 6.07) is 4.99. The smallest absolute Gasteiger partial charge is 0.224 e. The van der Waals surface area contributed by atoms with E-state index >= 15 is 0 Å². The first-order chi connectivity index (χ1) is 7.20. The van der Waals surface area contributed by atoms with E-state index in [1.165, 1.54) is 6.07 Å². The monoisotopic (exact) mass is 202 g/mol. The van der Waals surface area contributed by atoms with E-state index in [4.69, 9.17) is 5.26 Å². The van der Waals surface area contributed by atoms with Gasteiger partial charge in [-0.2, -0.15) is 5.26 Å². The molecule has 0 fully saturated rings. The molecule has 1 heterocycles. The minimum atomic E-state index is -0.0848. The van der Waals surface area contributed by atoms with Crippen LogP contribution in [-0.4, -0.2) is 11.0 Å². The number of nitriles is 1. The summed E-state index contributed by atoms with van der Waals surface area (Å²) in [5.41, 5.74) is 1.79. The number of carbonyl (C=O) groups excluding carboxylic acids is 1. The second-order valence-corrected chi connectivity index (χ2v) is 3.54. The predicted octanol–water partition coefficient (Wildman–Crippen LogP) is 1.54. The van der Waals surface area contributed by atoms with Crippen LogP contribution in [-0.2, 0) is 11.2 Å². The molecule has 4 heteroatoms. The van der Waals surface area contributed by atoms with Crippen molar-refractivity contribution in [3.63, 3.8) is 0 Å². The lowest BCUT2D eigenvalue weighted by Crippen LogP contribution is -2.09. The predicted molar refractivity (Wildman–Crippen MR) is 54.4 cm³/mol. The van der Waals surface area contributed by atoms with Gasteiger partial charge in [0.15, 0.2) is 0 Å². The number of aryl methyl sites for hydroxylation is 1. The van der Waals surface area contributed by atoms with Crippen molar-refractivity contribution in [1.29, 1.82) is 5.26 Å². The number of nitrogens with zero attached hydrogens (tertiary/aromatic N) is 1. The van der Waals surface area contributed by atoms with Gasteiger partial charge in [0.1, 0.15) is 11.8 Å². The van der Waals surface area contributed by atoms with Crippen molar-refractivity contribution < 1.29 is 9.90 Å². The molecule has 1 aliphatic heterocycles. The van der Waals surface area contributed by atoms with E-state index in [0.717, 1.165) is 18.4 Å². The average molecular weight is 202 g/mol. The molecule has 0 aromatic heterocycles. The van der Waals surface area contributed by atoms with Gasteiger partial charge in [0.25, 0.3) is 0 Å². The third-order valence-electron chi connectivity index (χ3n) is 2.47. The molecule has 15 heavy (non-hydrogen) atoms. The Kier molecular flexibility index (Phi) is 2.30. The van der Waals surface area contributed by atoms with Crippen molar-refractivity contribution in [2.24, 2.45) is 0 Å². The van der Waals surface area contributed by atoms with E-state index in [1.54, 1.807) is 6.07 Å². The van der Waals surface area contributed by atoms with Crippen molar-refractivity contribution in [2.45, 2.75) is 19.3 Å². The highest BCUT2D eigenvalue weighted by Crippen LogP contribution is 2.29. The van der Waals surface area contributed by atoms with Crippen LogP contribution in [0.25, 0.3) is 0 Å². The van der Waals surface area contributed by atoms with E-state index in [2.05, 4.69) is 5.32 Å². The summed E-state index contributed by atoms with van der Waals surface area (Å²) in [5.74, 6) is -0.128. The lowest BCUT2D eigenvalue weighted by Gasteiger charge is -2.07. The lowest BCUT2D eigenvalue weighted by atomic mass is 10.0. The molecule has 1 aromatic carbocycles. The number of hydrogen-bond acceptors (Lipinski definition) is 3. The molecule has 76 valence electrons. The highest BCUT2D eigenvalue weighted by Gasteiger charge is 2.15. The van der Waals surface area contributed by atoms with E-state index in [1.807, 2.05) is 6.07 Å². The highest BCUT2D eigenvalue weighted by molar-refractivity contribution is 5.92. The van der Waals surface area contributed by atoms with Gasteiger partial charge in [-0.15, -0.1) is 0 Å². The first-order valence-corrected chi connectivity index (χ1v) is 4.76. The van der Waals surface area contributed by atoms with E-state index < -0.39 is 0 Å². The van der Waals surface area contributed by atoms with Gasteiger partial charge < -0.3 is 10.4 Å². The molecule has 0 spiro atoms. The SMILES string of the molecule is N#Cc1cc2c(cc1O)NC(=O)CCC2. The van der Waals surface area contributed by atoms with Crippen molar-refractivity contribution in [3.05, 3.63) is 23.3 Å². The lowest BCUT2D eigenvalue weighted by molar-refractivity contribution is -0.116. The number of carbonyl (C=O) groups is 1. The number of nitrogens with one attached hydrogen (secondary N) is 1. The summed E-state index contributed by atoms with van der Waals surface area (Å²) < 4.78 is 0. The molecule has 0 saturated heterocycles. The van der Waals surface area contributed by atoms with Crippen LogP contribution >= 0.6 is 0 Å². The van der Waals surface area contributed by atoms with E-state index in [9.17, 15) is 9.90 Å². The zero-order chi connectivity index (χ0) is 10.8. The van der Waals surface area contributed by atoms with E-state index in [0.29, 0.717) is 12.1 Å². The molecular weight excluding hydrogens is 192 g/mol. The van der Waals surface area contributed by atoms with Crippen molar-refractivity contribution >= 4 is 11.6 Å². The van der Waals surface area contributed by atoms with Gasteiger partial charge >= 0.3 is 0 Å². The summed E-state index contributed by atoms with van der Waals surface area (Å²) in [6.45, 7) is 0. The Hall–Kier alpha value is -2.02. The molecule has 1 amide bonds. The van der Waals surface area contributed by atoms with Gasteiger partial charge in [-0.05, 0) is 24.5 Å². The second-order valence-electron chi connectivity index (χ2n) is 3.54. The molecule has 2 N–H and O–H groups in total. The first-order valence-electron chi connectivity index (χ1n) is 4.76. The number of benzene rings is 1. The molecule has 0 atom stereocenters. The Labute approximate surface area is 87.1 Å². The van der Waals surface area contributed by atoms with Gasteiger partial charge in [0.05, 0.1) is 5.56 Å². The minimum absolute atomic E-state index is 0.0437. The standard InChI is InChI=1S/C11H10N2O2/c12-6-8-4-7-2-1-3-11(15)13-9(7)5-10(8)14/h4-5,14H,1-3H2,(H,13,15). The Balaban J connectivity index is 2.50. The number of fused-ring (bicyclic) bond motifs is 1. The number of hydrogen-bond donors (Lipinski definition) is 2. The summed E-state index contributed by atoms with van der Waals surface area (Å²) in [5, 5.41) is 20.9. The fourth-order valence-electron chi connectivity index (χ4n) is 1.70. The van der Waals surface area contributed by atoms with Crippen LogP contribution in [0.3, 0.4) is 0 Å². The maximum Gasteiger partial charge on any atom is 0.224 e. The van der Waals surface area contributed by atoms with Crippen LogP contribution in [0.15, 0.2) is 12.1 Å². The van der Waals surface area contributed by atoms with Gasteiger partial charge in [-0.25, -0.2) is 0 Å². The normalized spacial score (nSPS) is 14.7. The van der Waals surface area contributed by atoms with Gasteiger partial charge in [0.2, 0.25) is 5.91 Å². The van der Waals surface area contributed by atoms with Gasteiger partial charge in [-0.3, -0.25) is 4.79 Å². The maximum atomic E-state index is 11.3. The van der Waals surface area contributed by atoms with Crippen LogP contribution < -0.4 is 5.32 Å². The number of aromatic hydroxyl groups is 1. The molecule has 0 radical (unpaired) electrons. The van der Waals surface area contributed by atoms with Crippen LogP contribution in [0.5, 0.6) is 5.75 Å². The van der Waals surface area contributed by atoms with Crippen molar-refractivity contribution in [2.75, 3.05) is 5.32 Å². The average Bonchev–Trinajstić information content (AvgIpc) is 2.37. The number of anilines is 1. The maximum absolute atomic E-state index is 11.3. The highest BCUT2D eigenvalue weighted by atomic mass is 16.3. The van der Waals surface area contributed by atoms with E-state index in [-0.39, 0.29) is 17.2 Å². The Morgan fingerprint density at radius 2 is 2.20 bits per heavy atom. The number of rotatable bonds is 0. The fourth-order valence-corrected chi connectivity index (χ4v) is 1.70. The molecule has 0 bridgehead atoms. The summed E-state index contributed by atoms with van der Waals surface area (Å²) in [4.78, 5) is 11.3. The quantitative estimate of drug-likeness (QED) is 0.670. The van der Waals surface area contributed by atoms with Crippen LogP contribution in [0, 0.1) is 11.3 Å². The molecule has 1 aliphatic rings. The molecule has 0 aliphatic carbocycles. The molecule has 0 unspecified atom stereocenters. The topological polar surface area (TPSA) is 73.1 Å². The Morgan fingerprint density at radius 1 is 1.40 bits per heavy atom. The minimum Gasteiger partial charge on any atom is -0.506 e. The Morgan fingerprint density at radius 3 is 2.93 bits per heavy atom. The van der Waals surface area contributed by atoms with Crippen LogP contribution in [0.4, 0.5) is 5.69 Å². The molecule has 2 rings (SSSR count). The number of amides is 1. The van der Waals surface area contributed by atoms with Crippen molar-refractivity contribution in [3.8, 4) is 11.8 Å². The third-order valence-corrected chi connectivity index (χ3v) is 2.47. The molecular formula is C11H10N2O2. The fraction of sp³-hybridized carbons (Fsp3) is 0.273. The third kappa shape index (κ3) is 1.77. The molecule has 0 saturated carbocycles. The van der Waals surface area contributed by atoms with Gasteiger partial charge in [0, 0.05) is 18.2 Å². The number of phenols is 1.